The Morgan fingerprint density at radius 1 is 1.19 bits per heavy atom. The van der Waals surface area contributed by atoms with Crippen LogP contribution in [0, 0.1) is 0 Å². The molecule has 146 valence electrons. The van der Waals surface area contributed by atoms with Crippen LogP contribution in [0.5, 0.6) is 5.75 Å². The molecule has 1 amide bonds. The first-order valence-corrected chi connectivity index (χ1v) is 10.9. The van der Waals surface area contributed by atoms with Crippen LogP contribution in [0.15, 0.2) is 24.3 Å². The van der Waals surface area contributed by atoms with Crippen molar-refractivity contribution in [2.24, 2.45) is 0 Å². The van der Waals surface area contributed by atoms with Crippen molar-refractivity contribution in [1.29, 1.82) is 0 Å². The predicted octanol–water partition coefficient (Wildman–Crippen LogP) is 1.45. The Bertz CT molecular complexity index is 670. The van der Waals surface area contributed by atoms with Crippen molar-refractivity contribution in [3.05, 3.63) is 24.3 Å². The van der Waals surface area contributed by atoms with Crippen LogP contribution >= 0.6 is 0 Å². The number of benzene rings is 1. The molecule has 0 radical (unpaired) electrons. The van der Waals surface area contributed by atoms with Crippen LogP contribution in [0.2, 0.25) is 0 Å². The van der Waals surface area contributed by atoms with Crippen LogP contribution in [-0.4, -0.2) is 65.3 Å². The van der Waals surface area contributed by atoms with E-state index in [-0.39, 0.29) is 12.5 Å². The van der Waals surface area contributed by atoms with Gasteiger partial charge in [-0.3, -0.25) is 9.10 Å². The molecule has 0 aliphatic carbocycles. The number of anilines is 1. The minimum atomic E-state index is -3.29. The minimum Gasteiger partial charge on any atom is -0.484 e. The van der Waals surface area contributed by atoms with Crippen molar-refractivity contribution < 1.29 is 17.9 Å². The van der Waals surface area contributed by atoms with Crippen molar-refractivity contribution in [3.8, 4) is 5.75 Å². The molecule has 1 aliphatic rings. The number of piperidine rings is 1. The molecule has 1 N–H and O–H groups in total. The van der Waals surface area contributed by atoms with Gasteiger partial charge >= 0.3 is 0 Å². The average molecular weight is 384 g/mol. The van der Waals surface area contributed by atoms with Gasteiger partial charge in [-0.25, -0.2) is 8.42 Å². The molecule has 1 aromatic carbocycles. The second-order valence-corrected chi connectivity index (χ2v) is 8.63. The Morgan fingerprint density at radius 2 is 1.85 bits per heavy atom. The number of nitrogens with zero attached hydrogens (tertiary/aromatic N) is 2. The topological polar surface area (TPSA) is 79.0 Å². The molecule has 1 saturated heterocycles. The number of hydrogen-bond acceptors (Lipinski definition) is 5. The van der Waals surface area contributed by atoms with E-state index in [2.05, 4.69) is 10.2 Å². The van der Waals surface area contributed by atoms with Crippen LogP contribution in [-0.2, 0) is 14.8 Å². The fraction of sp³-hybridized carbons (Fsp3) is 0.611. The Balaban J connectivity index is 1.65. The van der Waals surface area contributed by atoms with Crippen molar-refractivity contribution in [2.75, 3.05) is 50.4 Å². The molecule has 26 heavy (non-hydrogen) atoms. The monoisotopic (exact) mass is 383 g/mol. The second kappa shape index (κ2) is 9.78. The fourth-order valence-electron chi connectivity index (χ4n) is 2.86. The lowest BCUT2D eigenvalue weighted by atomic mass is 10.1. The van der Waals surface area contributed by atoms with E-state index in [0.29, 0.717) is 18.0 Å². The van der Waals surface area contributed by atoms with Crippen LogP contribution in [0.4, 0.5) is 5.69 Å². The number of sulfonamides is 1. The first-order chi connectivity index (χ1) is 12.4. The largest absolute Gasteiger partial charge is 0.484 e. The maximum Gasteiger partial charge on any atom is 0.257 e. The molecule has 0 spiro atoms. The van der Waals surface area contributed by atoms with Crippen LogP contribution in [0.1, 0.15) is 25.7 Å². The molecule has 8 heteroatoms. The third-order valence-electron chi connectivity index (χ3n) is 4.49. The minimum absolute atomic E-state index is 0.0506. The lowest BCUT2D eigenvalue weighted by Gasteiger charge is -2.26. The van der Waals surface area contributed by atoms with E-state index < -0.39 is 10.0 Å². The maximum absolute atomic E-state index is 11.8. The number of hydrogen-bond donors (Lipinski definition) is 1. The summed E-state index contributed by atoms with van der Waals surface area (Å²) < 4.78 is 29.6. The predicted molar refractivity (Wildman–Crippen MR) is 103 cm³/mol. The Morgan fingerprint density at radius 3 is 2.46 bits per heavy atom. The Kier molecular flexibility index (Phi) is 7.71. The molecule has 1 aromatic rings. The van der Waals surface area contributed by atoms with E-state index in [1.54, 1.807) is 24.3 Å². The highest BCUT2D eigenvalue weighted by Gasteiger charge is 2.12. The Labute approximate surface area is 156 Å². The van der Waals surface area contributed by atoms with E-state index >= 15 is 0 Å². The number of amides is 1. The highest BCUT2D eigenvalue weighted by molar-refractivity contribution is 7.92. The molecular formula is C18H29N3O4S. The van der Waals surface area contributed by atoms with E-state index in [0.717, 1.165) is 19.2 Å². The summed E-state index contributed by atoms with van der Waals surface area (Å²) >= 11 is 0. The summed E-state index contributed by atoms with van der Waals surface area (Å²) in [6.45, 7) is 3.96. The van der Waals surface area contributed by atoms with Gasteiger partial charge in [0.15, 0.2) is 6.61 Å². The number of carbonyl (C=O) groups excluding carboxylic acids is 1. The first kappa shape index (κ1) is 20.5. The summed E-state index contributed by atoms with van der Waals surface area (Å²) in [6, 6.07) is 6.60. The van der Waals surface area contributed by atoms with E-state index in [1.165, 1.54) is 43.7 Å². The summed E-state index contributed by atoms with van der Waals surface area (Å²) in [5.41, 5.74) is 0.544. The van der Waals surface area contributed by atoms with E-state index in [4.69, 9.17) is 4.74 Å². The smallest absolute Gasteiger partial charge is 0.257 e. The zero-order valence-corrected chi connectivity index (χ0v) is 16.4. The number of nitrogens with one attached hydrogen (secondary N) is 1. The summed E-state index contributed by atoms with van der Waals surface area (Å²) in [7, 11) is -1.80. The zero-order chi connectivity index (χ0) is 19.0. The second-order valence-electron chi connectivity index (χ2n) is 6.62. The normalized spacial score (nSPS) is 15.5. The molecular weight excluding hydrogens is 354 g/mol. The SMILES string of the molecule is CN(c1ccc(OCC(=O)NCCCN2CCCCC2)cc1)S(C)(=O)=O. The molecule has 2 rings (SSSR count). The lowest BCUT2D eigenvalue weighted by molar-refractivity contribution is -0.123. The standard InChI is InChI=1S/C18H29N3O4S/c1-20(26(2,23)24)16-7-9-17(10-8-16)25-15-18(22)19-11-6-14-21-12-4-3-5-13-21/h7-10H,3-6,11-15H2,1-2H3,(H,19,22). The Hall–Kier alpha value is -1.80. The molecule has 0 unspecified atom stereocenters. The molecule has 7 nitrogen and oxygen atoms in total. The summed E-state index contributed by atoms with van der Waals surface area (Å²) in [5.74, 6) is 0.375. The fourth-order valence-corrected chi connectivity index (χ4v) is 3.36. The number of carbonyl (C=O) groups is 1. The highest BCUT2D eigenvalue weighted by Crippen LogP contribution is 2.20. The van der Waals surface area contributed by atoms with Gasteiger partial charge in [0.05, 0.1) is 11.9 Å². The first-order valence-electron chi connectivity index (χ1n) is 9.02. The van der Waals surface area contributed by atoms with E-state index in [9.17, 15) is 13.2 Å². The summed E-state index contributed by atoms with van der Waals surface area (Å²) in [4.78, 5) is 14.3. The number of ether oxygens (including phenoxy) is 1. The molecule has 0 aromatic heterocycles. The summed E-state index contributed by atoms with van der Waals surface area (Å²) in [6.07, 6.45) is 5.97. The third-order valence-corrected chi connectivity index (χ3v) is 5.70. The summed E-state index contributed by atoms with van der Waals surface area (Å²) in [5, 5.41) is 2.86. The third kappa shape index (κ3) is 6.84. The van der Waals surface area contributed by atoms with Gasteiger partial charge in [-0.2, -0.15) is 0 Å². The lowest BCUT2D eigenvalue weighted by Crippen LogP contribution is -2.34. The molecule has 0 atom stereocenters. The van der Waals surface area contributed by atoms with Crippen molar-refractivity contribution in [3.63, 3.8) is 0 Å². The van der Waals surface area contributed by atoms with Crippen LogP contribution in [0.25, 0.3) is 0 Å². The van der Waals surface area contributed by atoms with Gasteiger partial charge in [0.25, 0.3) is 5.91 Å². The van der Waals surface area contributed by atoms with Gasteiger partial charge in [0, 0.05) is 13.6 Å². The van der Waals surface area contributed by atoms with E-state index in [1.807, 2.05) is 0 Å². The van der Waals surface area contributed by atoms with Crippen molar-refractivity contribution >= 4 is 21.6 Å². The van der Waals surface area contributed by atoms with Gasteiger partial charge in [0.1, 0.15) is 5.75 Å². The van der Waals surface area contributed by atoms with Crippen molar-refractivity contribution in [1.82, 2.24) is 10.2 Å². The average Bonchev–Trinajstić information content (AvgIpc) is 2.63. The van der Waals surface area contributed by atoms with Gasteiger partial charge in [0.2, 0.25) is 10.0 Å². The van der Waals surface area contributed by atoms with Gasteiger partial charge < -0.3 is 15.0 Å². The maximum atomic E-state index is 11.8. The molecule has 0 bridgehead atoms. The van der Waals surface area contributed by atoms with Gasteiger partial charge in [-0.1, -0.05) is 6.42 Å². The molecule has 1 fully saturated rings. The van der Waals surface area contributed by atoms with Gasteiger partial charge in [-0.05, 0) is 63.2 Å². The number of rotatable bonds is 9. The van der Waals surface area contributed by atoms with Crippen molar-refractivity contribution in [2.45, 2.75) is 25.7 Å². The van der Waals surface area contributed by atoms with Crippen LogP contribution in [0.3, 0.4) is 0 Å². The quantitative estimate of drug-likeness (QED) is 0.653. The number of likely N-dealkylation sites (tertiary alicyclic amines) is 1. The molecule has 0 saturated carbocycles. The van der Waals surface area contributed by atoms with Crippen LogP contribution < -0.4 is 14.4 Å². The zero-order valence-electron chi connectivity index (χ0n) is 15.6. The molecule has 1 heterocycles. The highest BCUT2D eigenvalue weighted by atomic mass is 32.2. The van der Waals surface area contributed by atoms with Gasteiger partial charge in [-0.15, -0.1) is 0 Å². The molecule has 1 aliphatic heterocycles.